The van der Waals surface area contributed by atoms with Crippen molar-refractivity contribution >= 4 is 23.0 Å². The third kappa shape index (κ3) is 4.96. The number of amides is 1. The Morgan fingerprint density at radius 1 is 1.02 bits per heavy atom. The van der Waals surface area contributed by atoms with Crippen molar-refractivity contribution < 1.29 is 19.4 Å². The lowest BCUT2D eigenvalue weighted by Gasteiger charge is -2.22. The summed E-state index contributed by atoms with van der Waals surface area (Å²) in [6, 6.07) is 18.4. The van der Waals surface area contributed by atoms with Gasteiger partial charge in [-0.1, -0.05) is 37.3 Å². The molecule has 1 aliphatic rings. The van der Waals surface area contributed by atoms with Gasteiger partial charge in [-0.25, -0.2) is 4.68 Å². The van der Waals surface area contributed by atoms with Crippen LogP contribution in [0.1, 0.15) is 35.3 Å². The number of carbonyl (C=O) groups excluding carboxylic acids is 1. The summed E-state index contributed by atoms with van der Waals surface area (Å²) in [4.78, 5) is 41.3. The van der Waals surface area contributed by atoms with Crippen LogP contribution in [0.15, 0.2) is 76.3 Å². The number of ether oxygens (including phenoxy) is 2. The molecule has 40 heavy (non-hydrogen) atoms. The minimum Gasteiger partial charge on any atom is -0.505 e. The number of anilines is 3. The van der Waals surface area contributed by atoms with Gasteiger partial charge in [0.15, 0.2) is 17.2 Å². The fourth-order valence-corrected chi connectivity index (χ4v) is 4.47. The van der Waals surface area contributed by atoms with Gasteiger partial charge in [0.2, 0.25) is 6.79 Å². The number of hydrogen-bond acceptors (Lipinski definition) is 8. The second-order valence-electron chi connectivity index (χ2n) is 9.41. The monoisotopic (exact) mass is 543 g/mol. The van der Waals surface area contributed by atoms with Crippen LogP contribution in [0.4, 0.5) is 17.1 Å². The summed E-state index contributed by atoms with van der Waals surface area (Å²) in [6.45, 7) is 2.07. The number of aromatic hydroxyl groups is 1. The van der Waals surface area contributed by atoms with Crippen molar-refractivity contribution in [1.82, 2.24) is 14.7 Å². The van der Waals surface area contributed by atoms with Crippen LogP contribution in [0.3, 0.4) is 0 Å². The number of fused-ring (bicyclic) bond motifs is 1. The highest BCUT2D eigenvalue weighted by Gasteiger charge is 2.24. The maximum atomic E-state index is 13.8. The van der Waals surface area contributed by atoms with E-state index < -0.39 is 17.0 Å². The van der Waals surface area contributed by atoms with E-state index in [-0.39, 0.29) is 41.2 Å². The SMILES string of the molecule is CCC(Nc1c(Nc2cccc(C(=O)N(C)C)c2O)c(=O)n(-c2ccccc2)[nH]c1=O)c1ccc2c(c1)OCO2. The van der Waals surface area contributed by atoms with Crippen molar-refractivity contribution in [2.75, 3.05) is 31.5 Å². The number of phenols is 1. The number of benzene rings is 3. The molecule has 4 N–H and O–H groups in total. The average molecular weight is 544 g/mol. The Morgan fingerprint density at radius 2 is 1.77 bits per heavy atom. The van der Waals surface area contributed by atoms with Gasteiger partial charge in [-0.3, -0.25) is 19.5 Å². The van der Waals surface area contributed by atoms with Crippen LogP contribution in [0.2, 0.25) is 0 Å². The standard InChI is InChI=1S/C29H29N5O6/c1-4-20(17-13-14-22-23(15-17)40-16-39-22)30-24-25(29(38)34(32-27(24)36)18-9-6-5-7-10-18)31-21-12-8-11-19(26(21)35)28(37)33(2)3/h5-15,20,30-31,35H,4,16H2,1-3H3,(H,32,36). The van der Waals surface area contributed by atoms with Gasteiger partial charge in [0.25, 0.3) is 17.0 Å². The first-order valence-electron chi connectivity index (χ1n) is 12.7. The molecule has 11 nitrogen and oxygen atoms in total. The van der Waals surface area contributed by atoms with Crippen LogP contribution in [-0.2, 0) is 0 Å². The number of H-pyrrole nitrogens is 1. The van der Waals surface area contributed by atoms with Crippen molar-refractivity contribution in [3.05, 3.63) is 98.6 Å². The molecule has 206 valence electrons. The lowest BCUT2D eigenvalue weighted by molar-refractivity contribution is 0.0824. The van der Waals surface area contributed by atoms with Crippen molar-refractivity contribution in [1.29, 1.82) is 0 Å². The highest BCUT2D eigenvalue weighted by Crippen LogP contribution is 2.37. The van der Waals surface area contributed by atoms with Gasteiger partial charge in [0, 0.05) is 14.1 Å². The molecule has 0 bridgehead atoms. The molecular formula is C29H29N5O6. The van der Waals surface area contributed by atoms with Gasteiger partial charge in [-0.05, 0) is 48.4 Å². The summed E-state index contributed by atoms with van der Waals surface area (Å²) in [5.41, 5.74) is 0.150. The van der Waals surface area contributed by atoms with Crippen molar-refractivity contribution in [2.24, 2.45) is 0 Å². The van der Waals surface area contributed by atoms with Gasteiger partial charge in [0.05, 0.1) is 23.0 Å². The van der Waals surface area contributed by atoms with Crippen LogP contribution in [-0.4, -0.2) is 46.6 Å². The Kier molecular flexibility index (Phi) is 7.19. The Bertz CT molecular complexity index is 1680. The summed E-state index contributed by atoms with van der Waals surface area (Å²) < 4.78 is 12.1. The van der Waals surface area contributed by atoms with E-state index in [9.17, 15) is 19.5 Å². The second kappa shape index (κ2) is 10.9. The summed E-state index contributed by atoms with van der Waals surface area (Å²) >= 11 is 0. The molecule has 1 amide bonds. The van der Waals surface area contributed by atoms with E-state index in [0.717, 1.165) is 10.2 Å². The smallest absolute Gasteiger partial charge is 0.295 e. The summed E-state index contributed by atoms with van der Waals surface area (Å²) in [5.74, 6) is 0.463. The largest absolute Gasteiger partial charge is 0.505 e. The fraction of sp³-hybridized carbons (Fsp3) is 0.207. The van der Waals surface area contributed by atoms with Crippen LogP contribution in [0.25, 0.3) is 5.69 Å². The first-order valence-corrected chi connectivity index (χ1v) is 12.7. The van der Waals surface area contributed by atoms with E-state index in [4.69, 9.17) is 9.47 Å². The molecule has 1 unspecified atom stereocenters. The second-order valence-corrected chi connectivity index (χ2v) is 9.41. The Balaban J connectivity index is 1.62. The van der Waals surface area contributed by atoms with E-state index in [1.165, 1.54) is 17.0 Å². The molecular weight excluding hydrogens is 514 g/mol. The van der Waals surface area contributed by atoms with Gasteiger partial charge in [-0.15, -0.1) is 0 Å². The third-order valence-corrected chi connectivity index (χ3v) is 6.58. The van der Waals surface area contributed by atoms with Crippen LogP contribution in [0.5, 0.6) is 17.2 Å². The summed E-state index contributed by atoms with van der Waals surface area (Å²) in [6.07, 6.45) is 0.568. The van der Waals surface area contributed by atoms with E-state index in [2.05, 4.69) is 15.7 Å². The van der Waals surface area contributed by atoms with Gasteiger partial charge in [-0.2, -0.15) is 0 Å². The van der Waals surface area contributed by atoms with Crippen molar-refractivity contribution in [3.63, 3.8) is 0 Å². The molecule has 1 aliphatic heterocycles. The van der Waals surface area contributed by atoms with Crippen LogP contribution >= 0.6 is 0 Å². The van der Waals surface area contributed by atoms with Crippen molar-refractivity contribution in [3.8, 4) is 22.9 Å². The molecule has 0 fully saturated rings. The zero-order valence-corrected chi connectivity index (χ0v) is 22.2. The Morgan fingerprint density at radius 3 is 2.50 bits per heavy atom. The average Bonchev–Trinajstić information content (AvgIpc) is 3.43. The topological polar surface area (TPSA) is 138 Å². The number of hydrogen-bond donors (Lipinski definition) is 4. The Hall–Kier alpha value is -5.19. The number of aromatic amines is 1. The highest BCUT2D eigenvalue weighted by atomic mass is 16.7. The minimum absolute atomic E-state index is 0.0227. The molecule has 3 aromatic carbocycles. The summed E-state index contributed by atoms with van der Waals surface area (Å²) in [5, 5.41) is 19.7. The molecule has 11 heteroatoms. The van der Waals surface area contributed by atoms with Gasteiger partial charge < -0.3 is 30.1 Å². The number of phenolic OH excluding ortho intramolecular Hbond substituents is 1. The number of nitrogens with one attached hydrogen (secondary N) is 3. The zero-order chi connectivity index (χ0) is 28.4. The highest BCUT2D eigenvalue weighted by molar-refractivity contribution is 5.98. The lowest BCUT2D eigenvalue weighted by Crippen LogP contribution is -2.33. The molecule has 4 aromatic rings. The molecule has 0 saturated heterocycles. The zero-order valence-electron chi connectivity index (χ0n) is 22.2. The molecule has 0 saturated carbocycles. The quantitative estimate of drug-likeness (QED) is 0.245. The maximum Gasteiger partial charge on any atom is 0.295 e. The third-order valence-electron chi connectivity index (χ3n) is 6.58. The summed E-state index contributed by atoms with van der Waals surface area (Å²) in [7, 11) is 3.14. The normalized spacial score (nSPS) is 12.6. The number of nitrogens with zero attached hydrogens (tertiary/aromatic N) is 2. The van der Waals surface area contributed by atoms with Crippen LogP contribution in [0, 0.1) is 0 Å². The predicted octanol–water partition coefficient (Wildman–Crippen LogP) is 3.97. The van der Waals surface area contributed by atoms with E-state index in [1.807, 2.05) is 19.1 Å². The molecule has 1 aromatic heterocycles. The van der Waals surface area contributed by atoms with Gasteiger partial charge >= 0.3 is 0 Å². The number of rotatable bonds is 8. The molecule has 0 radical (unpaired) electrons. The lowest BCUT2D eigenvalue weighted by atomic mass is 10.0. The molecule has 5 rings (SSSR count). The first kappa shape index (κ1) is 26.4. The predicted molar refractivity (Wildman–Crippen MR) is 151 cm³/mol. The molecule has 0 aliphatic carbocycles. The Labute approximate surface area is 229 Å². The fourth-order valence-electron chi connectivity index (χ4n) is 4.47. The van der Waals surface area contributed by atoms with E-state index in [1.54, 1.807) is 56.6 Å². The number of carbonyl (C=O) groups is 1. The van der Waals surface area contributed by atoms with Crippen molar-refractivity contribution in [2.45, 2.75) is 19.4 Å². The number of aromatic nitrogens is 2. The van der Waals surface area contributed by atoms with Crippen LogP contribution < -0.4 is 31.2 Å². The maximum absolute atomic E-state index is 13.8. The van der Waals surface area contributed by atoms with E-state index >= 15 is 0 Å². The number of para-hydroxylation sites is 2. The molecule has 0 spiro atoms. The van der Waals surface area contributed by atoms with Gasteiger partial charge in [0.1, 0.15) is 11.4 Å². The first-order chi connectivity index (χ1) is 19.3. The minimum atomic E-state index is -0.572. The molecule has 1 atom stereocenters. The van der Waals surface area contributed by atoms with E-state index in [0.29, 0.717) is 23.6 Å². The molecule has 2 heterocycles.